The van der Waals surface area contributed by atoms with Gasteiger partial charge in [0.05, 0.1) is 25.7 Å². The average Bonchev–Trinajstić information content (AvgIpc) is 3.14. The van der Waals surface area contributed by atoms with E-state index in [1.807, 2.05) is 16.7 Å². The van der Waals surface area contributed by atoms with Crippen LogP contribution in [0.4, 0.5) is 0 Å². The van der Waals surface area contributed by atoms with Gasteiger partial charge in [0, 0.05) is 36.3 Å². The van der Waals surface area contributed by atoms with Crippen LogP contribution >= 0.6 is 0 Å². The lowest BCUT2D eigenvalue weighted by Crippen LogP contribution is -2.32. The van der Waals surface area contributed by atoms with Crippen molar-refractivity contribution in [3.05, 3.63) is 45.7 Å². The van der Waals surface area contributed by atoms with E-state index in [4.69, 9.17) is 9.47 Å². The number of hydrogen-bond donors (Lipinski definition) is 2. The first-order valence-electron chi connectivity index (χ1n) is 12.7. The summed E-state index contributed by atoms with van der Waals surface area (Å²) in [5.74, 6) is 0.165. The predicted molar refractivity (Wildman–Crippen MR) is 141 cm³/mol. The highest BCUT2D eigenvalue weighted by atomic mass is 32.2. The first kappa shape index (κ1) is 27.2. The lowest BCUT2D eigenvalue weighted by molar-refractivity contribution is 0.0693. The molecule has 202 valence electrons. The maximum absolute atomic E-state index is 12.7. The van der Waals surface area contributed by atoms with Crippen LogP contribution < -0.4 is 19.6 Å². The lowest BCUT2D eigenvalue weighted by Gasteiger charge is -2.40. The van der Waals surface area contributed by atoms with Gasteiger partial charge in [-0.2, -0.15) is 0 Å². The number of nitrogens with one attached hydrogen (secondary N) is 1. The van der Waals surface area contributed by atoms with E-state index in [0.29, 0.717) is 30.3 Å². The number of carbonyl (C=O) groups is 1. The molecule has 2 atom stereocenters. The van der Waals surface area contributed by atoms with Crippen molar-refractivity contribution in [2.24, 2.45) is 5.41 Å². The van der Waals surface area contributed by atoms with Crippen molar-refractivity contribution in [2.75, 3.05) is 26.5 Å². The van der Waals surface area contributed by atoms with Crippen molar-refractivity contribution < 1.29 is 27.8 Å². The Morgan fingerprint density at radius 2 is 1.89 bits per heavy atom. The maximum atomic E-state index is 12.7. The number of sulfonamides is 1. The van der Waals surface area contributed by atoms with Crippen LogP contribution in [-0.4, -0.2) is 50.6 Å². The summed E-state index contributed by atoms with van der Waals surface area (Å²) in [5.41, 5.74) is 1.87. The van der Waals surface area contributed by atoms with Gasteiger partial charge in [0.15, 0.2) is 16.9 Å². The molecule has 1 fully saturated rings. The van der Waals surface area contributed by atoms with Crippen LogP contribution in [0.3, 0.4) is 0 Å². The van der Waals surface area contributed by atoms with Gasteiger partial charge in [-0.1, -0.05) is 26.7 Å². The molecular weight excluding hydrogens is 496 g/mol. The molecule has 2 N–H and O–H groups in total. The molecule has 1 aromatic carbocycles. The largest absolute Gasteiger partial charge is 0.493 e. The number of ether oxygens (including phenoxy) is 2. The monoisotopic (exact) mass is 532 g/mol. The molecule has 37 heavy (non-hydrogen) atoms. The van der Waals surface area contributed by atoms with Gasteiger partial charge < -0.3 is 19.1 Å². The van der Waals surface area contributed by atoms with E-state index in [0.717, 1.165) is 55.9 Å². The third kappa shape index (κ3) is 5.70. The molecule has 1 aromatic heterocycles. The summed E-state index contributed by atoms with van der Waals surface area (Å²) in [6.07, 6.45) is 8.01. The summed E-state index contributed by atoms with van der Waals surface area (Å²) >= 11 is 0. The molecule has 2 aromatic rings. The molecular formula is C27H36N2O7S. The van der Waals surface area contributed by atoms with E-state index in [-0.39, 0.29) is 22.9 Å². The molecule has 1 saturated carbocycles. The van der Waals surface area contributed by atoms with Gasteiger partial charge in [-0.3, -0.25) is 4.79 Å². The van der Waals surface area contributed by atoms with E-state index >= 15 is 0 Å². The molecule has 4 rings (SSSR count). The minimum Gasteiger partial charge on any atom is -0.493 e. The summed E-state index contributed by atoms with van der Waals surface area (Å²) in [5, 5.41) is 9.57. The Labute approximate surface area is 217 Å². The van der Waals surface area contributed by atoms with Crippen LogP contribution in [0, 0.1) is 5.41 Å². The van der Waals surface area contributed by atoms with Gasteiger partial charge in [0.2, 0.25) is 10.0 Å². The molecule has 9 nitrogen and oxygen atoms in total. The van der Waals surface area contributed by atoms with Crippen LogP contribution in [0.1, 0.15) is 80.3 Å². The van der Waals surface area contributed by atoms with Crippen LogP contribution in [0.15, 0.2) is 29.2 Å². The van der Waals surface area contributed by atoms with Gasteiger partial charge in [0.1, 0.15) is 5.56 Å². The molecule has 0 amide bonds. The minimum atomic E-state index is -3.15. The number of rotatable bonds is 11. The zero-order chi connectivity index (χ0) is 27.0. The van der Waals surface area contributed by atoms with Crippen molar-refractivity contribution in [3.63, 3.8) is 0 Å². The summed E-state index contributed by atoms with van der Waals surface area (Å²) in [6.45, 7) is 5.33. The second-order valence-corrected chi connectivity index (χ2v) is 12.6. The fraction of sp³-hybridized carbons (Fsp3) is 0.556. The highest BCUT2D eigenvalue weighted by Gasteiger charge is 2.47. The number of fused-ring (bicyclic) bond motifs is 6. The summed E-state index contributed by atoms with van der Waals surface area (Å²) in [4.78, 5) is 24.4. The van der Waals surface area contributed by atoms with Crippen molar-refractivity contribution in [1.29, 1.82) is 0 Å². The minimum absolute atomic E-state index is 0.0236. The first-order valence-corrected chi connectivity index (χ1v) is 14.6. The molecule has 0 radical (unpaired) electrons. The molecule has 2 aliphatic rings. The van der Waals surface area contributed by atoms with Crippen LogP contribution in [0.5, 0.6) is 11.5 Å². The van der Waals surface area contributed by atoms with Crippen molar-refractivity contribution in [1.82, 2.24) is 9.29 Å². The Kier molecular flexibility index (Phi) is 7.71. The molecule has 0 spiro atoms. The zero-order valence-corrected chi connectivity index (χ0v) is 22.7. The van der Waals surface area contributed by atoms with Crippen molar-refractivity contribution in [3.8, 4) is 22.8 Å². The number of methoxy groups -OCH3 is 1. The quantitative estimate of drug-likeness (QED) is 0.416. The number of unbranched alkanes of at least 4 members (excludes halogenated alkanes) is 3. The molecule has 2 heterocycles. The number of nitrogens with zero attached hydrogens (tertiary/aromatic N) is 1. The van der Waals surface area contributed by atoms with E-state index < -0.39 is 21.4 Å². The smallest absolute Gasteiger partial charge is 0.341 e. The lowest BCUT2D eigenvalue weighted by atomic mass is 9.77. The van der Waals surface area contributed by atoms with E-state index in [9.17, 15) is 23.1 Å². The Hall–Kier alpha value is -2.85. The Morgan fingerprint density at radius 3 is 2.57 bits per heavy atom. The molecule has 1 aliphatic carbocycles. The summed E-state index contributed by atoms with van der Waals surface area (Å²) in [6, 6.07) is 5.39. The SMILES string of the molecule is COc1cc2c(cc1OCCCCCCNS(C)(=O)=O)[C@@H]1CCC(C)(C)[C@@H]1n1cc(C(=O)O)c(=O)cc1-2. The van der Waals surface area contributed by atoms with Crippen LogP contribution in [-0.2, 0) is 10.0 Å². The average molecular weight is 533 g/mol. The number of benzene rings is 1. The predicted octanol–water partition coefficient (Wildman–Crippen LogP) is 4.17. The normalized spacial score (nSPS) is 19.6. The van der Waals surface area contributed by atoms with Crippen LogP contribution in [0.2, 0.25) is 0 Å². The number of aromatic carboxylic acids is 1. The topological polar surface area (TPSA) is 124 Å². The number of aromatic nitrogens is 1. The van der Waals surface area contributed by atoms with Gasteiger partial charge in [-0.25, -0.2) is 17.9 Å². The second-order valence-electron chi connectivity index (χ2n) is 10.7. The van der Waals surface area contributed by atoms with Gasteiger partial charge in [-0.05, 0) is 48.8 Å². The standard InChI is InChI=1S/C27H36N2O7S/c1-27(2)10-9-17-18-13-24(36-12-8-6-5-7-11-28-37(4,33)34)23(35-3)14-19(18)21-15-22(30)20(26(31)32)16-29(21)25(17)27/h13-17,25,28H,5-12H2,1-4H3,(H,31,32)/t17-,25+/m0/s1. The van der Waals surface area contributed by atoms with Crippen molar-refractivity contribution >= 4 is 16.0 Å². The van der Waals surface area contributed by atoms with Crippen LogP contribution in [0.25, 0.3) is 11.3 Å². The molecule has 0 bridgehead atoms. The van der Waals surface area contributed by atoms with Gasteiger partial charge >= 0.3 is 5.97 Å². The Balaban J connectivity index is 1.57. The van der Waals surface area contributed by atoms with E-state index in [1.54, 1.807) is 7.11 Å². The zero-order valence-electron chi connectivity index (χ0n) is 21.9. The fourth-order valence-corrected chi connectivity index (χ4v) is 6.34. The maximum Gasteiger partial charge on any atom is 0.341 e. The Morgan fingerprint density at radius 1 is 1.16 bits per heavy atom. The van der Waals surface area contributed by atoms with E-state index in [1.165, 1.54) is 12.3 Å². The third-order valence-electron chi connectivity index (χ3n) is 7.60. The molecule has 0 saturated heterocycles. The van der Waals surface area contributed by atoms with E-state index in [2.05, 4.69) is 18.6 Å². The number of carboxylic acids is 1. The van der Waals surface area contributed by atoms with Gasteiger partial charge in [-0.15, -0.1) is 0 Å². The summed E-state index contributed by atoms with van der Waals surface area (Å²) < 4.78 is 38.5. The fourth-order valence-electron chi connectivity index (χ4n) is 5.83. The highest BCUT2D eigenvalue weighted by Crippen LogP contribution is 2.59. The Bertz CT molecular complexity index is 1350. The molecule has 0 unspecified atom stereocenters. The molecule has 10 heteroatoms. The molecule has 1 aliphatic heterocycles. The van der Waals surface area contributed by atoms with Crippen molar-refractivity contribution in [2.45, 2.75) is 64.3 Å². The number of pyridine rings is 1. The third-order valence-corrected chi connectivity index (χ3v) is 8.32. The number of carboxylic acid groups (broad SMARTS) is 1. The number of hydrogen-bond acceptors (Lipinski definition) is 6. The van der Waals surface area contributed by atoms with Gasteiger partial charge in [0.25, 0.3) is 0 Å². The second kappa shape index (κ2) is 10.5. The highest BCUT2D eigenvalue weighted by molar-refractivity contribution is 7.88. The summed E-state index contributed by atoms with van der Waals surface area (Å²) in [7, 11) is -1.57. The first-order chi connectivity index (χ1) is 17.4.